The number of carbonyl (C=O) groups is 1. The van der Waals surface area contributed by atoms with Gasteiger partial charge in [0.05, 0.1) is 13.5 Å². The number of rotatable bonds is 4. The summed E-state index contributed by atoms with van der Waals surface area (Å²) < 4.78 is 57.5. The van der Waals surface area contributed by atoms with Crippen molar-refractivity contribution < 1.29 is 31.8 Å². The molecule has 20 heavy (non-hydrogen) atoms. The van der Waals surface area contributed by atoms with E-state index in [1.807, 2.05) is 0 Å². The van der Waals surface area contributed by atoms with Crippen LogP contribution in [0.3, 0.4) is 0 Å². The molecule has 1 aromatic rings. The largest absolute Gasteiger partial charge is 0.573 e. The van der Waals surface area contributed by atoms with E-state index in [1.54, 1.807) is 0 Å². The highest BCUT2D eigenvalue weighted by molar-refractivity contribution is 5.85. The first-order valence-electron chi connectivity index (χ1n) is 5.10. The molecule has 0 aliphatic heterocycles. The van der Waals surface area contributed by atoms with Crippen molar-refractivity contribution in [1.82, 2.24) is 0 Å². The number of esters is 1. The van der Waals surface area contributed by atoms with Gasteiger partial charge in [-0.15, -0.1) is 25.6 Å². The molecular formula is C11H12ClF4NO3. The van der Waals surface area contributed by atoms with Gasteiger partial charge in [0.25, 0.3) is 0 Å². The molecule has 0 bridgehead atoms. The summed E-state index contributed by atoms with van der Waals surface area (Å²) in [7, 11) is 1.12. The molecule has 4 nitrogen and oxygen atoms in total. The molecule has 0 aromatic heterocycles. The van der Waals surface area contributed by atoms with E-state index in [0.29, 0.717) is 0 Å². The molecule has 114 valence electrons. The van der Waals surface area contributed by atoms with E-state index in [1.165, 1.54) is 0 Å². The first-order valence-corrected chi connectivity index (χ1v) is 5.10. The summed E-state index contributed by atoms with van der Waals surface area (Å²) in [5, 5.41) is 0. The summed E-state index contributed by atoms with van der Waals surface area (Å²) in [5.74, 6) is -2.14. The lowest BCUT2D eigenvalue weighted by Crippen LogP contribution is -2.20. The maximum Gasteiger partial charge on any atom is 0.573 e. The highest BCUT2D eigenvalue weighted by Crippen LogP contribution is 2.27. The molecule has 9 heteroatoms. The van der Waals surface area contributed by atoms with E-state index in [-0.39, 0.29) is 24.4 Å². The Hall–Kier alpha value is -1.54. The lowest BCUT2D eigenvalue weighted by atomic mass is 10.0. The van der Waals surface area contributed by atoms with Crippen molar-refractivity contribution in [2.45, 2.75) is 18.8 Å². The van der Waals surface area contributed by atoms with Gasteiger partial charge in [-0.3, -0.25) is 4.79 Å². The minimum absolute atomic E-state index is 0. The Morgan fingerprint density at radius 3 is 2.50 bits per heavy atom. The fraction of sp³-hybridized carbons (Fsp3) is 0.364. The fourth-order valence-electron chi connectivity index (χ4n) is 1.38. The van der Waals surface area contributed by atoms with Crippen LogP contribution in [0.4, 0.5) is 17.6 Å². The van der Waals surface area contributed by atoms with Crippen molar-refractivity contribution in [3.63, 3.8) is 0 Å². The Morgan fingerprint density at radius 1 is 1.40 bits per heavy atom. The van der Waals surface area contributed by atoms with Gasteiger partial charge in [0.1, 0.15) is 11.6 Å². The summed E-state index contributed by atoms with van der Waals surface area (Å²) >= 11 is 0. The third-order valence-electron chi connectivity index (χ3n) is 2.21. The Kier molecular flexibility index (Phi) is 6.74. The Labute approximate surface area is 118 Å². The number of ether oxygens (including phenoxy) is 2. The zero-order valence-electron chi connectivity index (χ0n) is 10.2. The molecule has 0 saturated heterocycles. The maximum atomic E-state index is 13.4. The number of halogens is 5. The summed E-state index contributed by atoms with van der Waals surface area (Å²) in [6, 6.07) is 1.28. The van der Waals surface area contributed by atoms with E-state index in [0.717, 1.165) is 25.3 Å². The monoisotopic (exact) mass is 317 g/mol. The highest BCUT2D eigenvalue weighted by Gasteiger charge is 2.31. The average Bonchev–Trinajstić information content (AvgIpc) is 2.29. The van der Waals surface area contributed by atoms with E-state index in [4.69, 9.17) is 5.73 Å². The smallest absolute Gasteiger partial charge is 0.469 e. The molecule has 0 aliphatic carbocycles. The van der Waals surface area contributed by atoms with Gasteiger partial charge < -0.3 is 15.2 Å². The van der Waals surface area contributed by atoms with Gasteiger partial charge in [0.15, 0.2) is 0 Å². The molecule has 0 fully saturated rings. The lowest BCUT2D eigenvalue weighted by molar-refractivity contribution is -0.274. The van der Waals surface area contributed by atoms with Crippen molar-refractivity contribution in [1.29, 1.82) is 0 Å². The third-order valence-corrected chi connectivity index (χ3v) is 2.21. The van der Waals surface area contributed by atoms with Gasteiger partial charge in [-0.1, -0.05) is 0 Å². The number of benzene rings is 1. The molecule has 0 spiro atoms. The topological polar surface area (TPSA) is 61.5 Å². The van der Waals surface area contributed by atoms with Crippen LogP contribution in [0.25, 0.3) is 0 Å². The van der Waals surface area contributed by atoms with Crippen LogP contribution in [0, 0.1) is 5.82 Å². The Morgan fingerprint density at radius 2 is 2.00 bits per heavy atom. The normalized spacial score (nSPS) is 12.3. The van der Waals surface area contributed by atoms with Crippen LogP contribution in [0.5, 0.6) is 5.75 Å². The lowest BCUT2D eigenvalue weighted by Gasteiger charge is -2.14. The second-order valence-corrected chi connectivity index (χ2v) is 3.62. The first-order chi connectivity index (χ1) is 8.73. The molecule has 0 unspecified atom stereocenters. The third kappa shape index (κ3) is 5.62. The van der Waals surface area contributed by atoms with Crippen LogP contribution in [-0.4, -0.2) is 19.4 Å². The highest BCUT2D eigenvalue weighted by atomic mass is 35.5. The molecule has 1 rings (SSSR count). The van der Waals surface area contributed by atoms with E-state index >= 15 is 0 Å². The predicted octanol–water partition coefficient (Wildman–Crippen LogP) is 2.71. The van der Waals surface area contributed by atoms with E-state index in [2.05, 4.69) is 9.47 Å². The van der Waals surface area contributed by atoms with E-state index in [9.17, 15) is 22.4 Å². The first kappa shape index (κ1) is 18.5. The Balaban J connectivity index is 0.00000361. The second-order valence-electron chi connectivity index (χ2n) is 3.62. The predicted molar refractivity (Wildman–Crippen MR) is 63.9 cm³/mol. The number of carbonyl (C=O) groups excluding carboxylic acids is 1. The molecule has 0 saturated carbocycles. The van der Waals surface area contributed by atoms with Crippen LogP contribution >= 0.6 is 12.4 Å². The fourth-order valence-corrected chi connectivity index (χ4v) is 1.38. The number of nitrogens with two attached hydrogens (primary N) is 1. The average molecular weight is 318 g/mol. The van der Waals surface area contributed by atoms with Crippen molar-refractivity contribution in [2.75, 3.05) is 7.11 Å². The second kappa shape index (κ2) is 7.30. The van der Waals surface area contributed by atoms with Crippen LogP contribution in [0.15, 0.2) is 18.2 Å². The number of alkyl halides is 3. The molecule has 0 heterocycles. The zero-order valence-corrected chi connectivity index (χ0v) is 11.1. The molecule has 0 amide bonds. The maximum absolute atomic E-state index is 13.4. The van der Waals surface area contributed by atoms with Gasteiger partial charge in [0.2, 0.25) is 0 Å². The van der Waals surface area contributed by atoms with Gasteiger partial charge in [-0.05, 0) is 18.2 Å². The number of hydrogen-bond acceptors (Lipinski definition) is 4. The summed E-state index contributed by atoms with van der Waals surface area (Å²) in [5.41, 5.74) is 5.27. The van der Waals surface area contributed by atoms with Gasteiger partial charge in [0, 0.05) is 11.6 Å². The van der Waals surface area contributed by atoms with Crippen LogP contribution < -0.4 is 10.5 Å². The quantitative estimate of drug-likeness (QED) is 0.685. The molecule has 0 aliphatic rings. The van der Waals surface area contributed by atoms with Gasteiger partial charge in [-0.2, -0.15) is 0 Å². The van der Waals surface area contributed by atoms with Gasteiger partial charge in [-0.25, -0.2) is 4.39 Å². The van der Waals surface area contributed by atoms with Crippen molar-refractivity contribution >= 4 is 18.4 Å². The molecule has 2 N–H and O–H groups in total. The summed E-state index contributed by atoms with van der Waals surface area (Å²) in [4.78, 5) is 11.0. The number of hydrogen-bond donors (Lipinski definition) is 1. The Bertz CT molecular complexity index is 467. The minimum atomic E-state index is -4.89. The van der Waals surface area contributed by atoms with Gasteiger partial charge >= 0.3 is 12.3 Å². The molecular weight excluding hydrogens is 306 g/mol. The summed E-state index contributed by atoms with van der Waals surface area (Å²) in [6.45, 7) is 0. The SMILES string of the molecule is COC(=O)C[C@@H](N)c1cc(OC(F)(F)F)ccc1F.Cl. The van der Waals surface area contributed by atoms with Crippen LogP contribution in [-0.2, 0) is 9.53 Å². The zero-order chi connectivity index (χ0) is 14.6. The summed E-state index contributed by atoms with van der Waals surface area (Å²) in [6.07, 6.45) is -5.25. The molecule has 1 atom stereocenters. The van der Waals surface area contributed by atoms with Crippen molar-refractivity contribution in [3.8, 4) is 5.75 Å². The van der Waals surface area contributed by atoms with Crippen LogP contribution in [0.2, 0.25) is 0 Å². The van der Waals surface area contributed by atoms with E-state index < -0.39 is 29.9 Å². The van der Waals surface area contributed by atoms with Crippen molar-refractivity contribution in [3.05, 3.63) is 29.6 Å². The molecule has 1 aromatic carbocycles. The minimum Gasteiger partial charge on any atom is -0.469 e. The molecule has 0 radical (unpaired) electrons. The standard InChI is InChI=1S/C11H11F4NO3.ClH/c1-18-10(17)5-9(16)7-4-6(2-3-8(7)12)19-11(13,14)15;/h2-4,9H,5,16H2,1H3;1H/t9-;/m1./s1. The van der Waals surface area contributed by atoms with Crippen LogP contribution in [0.1, 0.15) is 18.0 Å². The number of methoxy groups -OCH3 is 1. The van der Waals surface area contributed by atoms with Crippen molar-refractivity contribution in [2.24, 2.45) is 5.73 Å².